The number of carbonyl (C=O) groups excluding carboxylic acids is 3. The molecule has 0 aliphatic heterocycles. The summed E-state index contributed by atoms with van der Waals surface area (Å²) in [6, 6.07) is -1.51. The van der Waals surface area contributed by atoms with Gasteiger partial charge in [0.15, 0.2) is 5.78 Å². The van der Waals surface area contributed by atoms with Gasteiger partial charge in [-0.25, -0.2) is 4.79 Å². The Morgan fingerprint density at radius 3 is 2.00 bits per heavy atom. The third kappa shape index (κ3) is 11.1. The van der Waals surface area contributed by atoms with Crippen LogP contribution in [0, 0.1) is 11.8 Å². The zero-order valence-electron chi connectivity index (χ0n) is 17.4. The van der Waals surface area contributed by atoms with Crippen molar-refractivity contribution in [3.63, 3.8) is 0 Å². The lowest BCUT2D eigenvalue weighted by Gasteiger charge is -2.30. The summed E-state index contributed by atoms with van der Waals surface area (Å²) in [4.78, 5) is 36.1. The lowest BCUT2D eigenvalue weighted by molar-refractivity contribution is -0.131. The van der Waals surface area contributed by atoms with E-state index < -0.39 is 12.1 Å². The van der Waals surface area contributed by atoms with Crippen LogP contribution in [-0.4, -0.2) is 41.9 Å². The van der Waals surface area contributed by atoms with Crippen molar-refractivity contribution >= 4 is 17.7 Å². The summed E-state index contributed by atoms with van der Waals surface area (Å²) in [5.41, 5.74) is 4.84. The fourth-order valence-corrected chi connectivity index (χ4v) is 2.70. The van der Waals surface area contributed by atoms with Crippen molar-refractivity contribution in [3.05, 3.63) is 0 Å². The second-order valence-electron chi connectivity index (χ2n) is 8.63. The van der Waals surface area contributed by atoms with Crippen LogP contribution in [-0.2, 0) is 9.59 Å². The monoisotopic (exact) mass is 370 g/mol. The molecule has 0 aliphatic carbocycles. The first-order valence-corrected chi connectivity index (χ1v) is 9.48. The Morgan fingerprint density at radius 1 is 1.00 bits per heavy atom. The molecule has 0 aromatic rings. The Balaban J connectivity index is 5.02. The topological polar surface area (TPSA) is 113 Å². The van der Waals surface area contributed by atoms with E-state index in [2.05, 4.69) is 29.8 Å². The second kappa shape index (κ2) is 11.2. The quantitative estimate of drug-likeness (QED) is 0.416. The molecule has 2 atom stereocenters. The predicted molar refractivity (Wildman–Crippen MR) is 105 cm³/mol. The van der Waals surface area contributed by atoms with Gasteiger partial charge in [0.05, 0.1) is 12.1 Å². The van der Waals surface area contributed by atoms with Crippen LogP contribution in [0.3, 0.4) is 0 Å². The molecule has 2 unspecified atom stereocenters. The van der Waals surface area contributed by atoms with E-state index in [0.29, 0.717) is 31.7 Å². The smallest absolute Gasteiger partial charge is 0.312 e. The Morgan fingerprint density at radius 2 is 1.58 bits per heavy atom. The minimum Gasteiger partial charge on any atom is -0.352 e. The first kappa shape index (κ1) is 24.4. The van der Waals surface area contributed by atoms with Gasteiger partial charge in [-0.2, -0.15) is 0 Å². The molecule has 0 radical (unpaired) electrons. The van der Waals surface area contributed by atoms with Crippen LogP contribution < -0.4 is 21.7 Å². The Kier molecular flexibility index (Phi) is 10.5. The van der Waals surface area contributed by atoms with Crippen LogP contribution in [0.25, 0.3) is 0 Å². The average Bonchev–Trinajstić information content (AvgIpc) is 2.46. The molecule has 0 aromatic heterocycles. The molecule has 0 fully saturated rings. The largest absolute Gasteiger partial charge is 0.352 e. The third-order valence-electron chi connectivity index (χ3n) is 3.83. The molecule has 0 saturated heterocycles. The van der Waals surface area contributed by atoms with Crippen molar-refractivity contribution in [1.82, 2.24) is 16.0 Å². The van der Waals surface area contributed by atoms with Crippen molar-refractivity contribution in [3.8, 4) is 0 Å². The van der Waals surface area contributed by atoms with E-state index >= 15 is 0 Å². The molecule has 7 nitrogen and oxygen atoms in total. The summed E-state index contributed by atoms with van der Waals surface area (Å²) < 4.78 is 0. The highest BCUT2D eigenvalue weighted by molar-refractivity contribution is 5.91. The van der Waals surface area contributed by atoms with Gasteiger partial charge in [-0.3, -0.25) is 9.59 Å². The summed E-state index contributed by atoms with van der Waals surface area (Å²) in [5.74, 6) is 0.00936. The maximum absolute atomic E-state index is 12.8. The van der Waals surface area contributed by atoms with Gasteiger partial charge in [0.2, 0.25) is 5.91 Å². The van der Waals surface area contributed by atoms with Gasteiger partial charge in [-0.15, -0.1) is 0 Å². The predicted octanol–water partition coefficient (Wildman–Crippen LogP) is 1.95. The average molecular weight is 371 g/mol. The number of nitrogens with one attached hydrogen (secondary N) is 3. The van der Waals surface area contributed by atoms with E-state index in [4.69, 9.17) is 5.73 Å². The molecule has 3 amide bonds. The standard InChI is InChI=1S/C19H38N4O3/c1-12(2)11-15(23-19(5,6)7)17(25)22-14(16(24)13(3)4)9-8-10-21-18(20)26/h12-15,23H,8-11H2,1-7H3,(H,22,25)(H3,20,21,26). The van der Waals surface area contributed by atoms with Crippen LogP contribution in [0.4, 0.5) is 4.79 Å². The van der Waals surface area contributed by atoms with E-state index in [0.717, 1.165) is 0 Å². The Bertz CT molecular complexity index is 470. The highest BCUT2D eigenvalue weighted by Gasteiger charge is 2.29. The Labute approximate surface area is 158 Å². The SMILES string of the molecule is CC(C)CC(NC(C)(C)C)C(=O)NC(CCCNC(N)=O)C(=O)C(C)C. The molecular formula is C19H38N4O3. The highest BCUT2D eigenvalue weighted by atomic mass is 16.2. The fraction of sp³-hybridized carbons (Fsp3) is 0.842. The summed E-state index contributed by atoms with van der Waals surface area (Å²) in [6.45, 7) is 14.2. The first-order valence-electron chi connectivity index (χ1n) is 9.48. The number of primary amides is 1. The van der Waals surface area contributed by atoms with Crippen LogP contribution in [0.15, 0.2) is 0 Å². The third-order valence-corrected chi connectivity index (χ3v) is 3.83. The van der Waals surface area contributed by atoms with Crippen molar-refractivity contribution < 1.29 is 14.4 Å². The molecule has 26 heavy (non-hydrogen) atoms. The molecule has 5 N–H and O–H groups in total. The van der Waals surface area contributed by atoms with E-state index in [1.807, 2.05) is 34.6 Å². The minimum atomic E-state index is -0.591. The summed E-state index contributed by atoms with van der Waals surface area (Å²) in [5, 5.41) is 8.77. The molecule has 0 saturated carbocycles. The van der Waals surface area contributed by atoms with E-state index in [-0.39, 0.29) is 29.2 Å². The number of hydrogen-bond donors (Lipinski definition) is 4. The van der Waals surface area contributed by atoms with Gasteiger partial charge < -0.3 is 21.7 Å². The Hall–Kier alpha value is -1.63. The zero-order chi connectivity index (χ0) is 20.5. The van der Waals surface area contributed by atoms with E-state index in [1.54, 1.807) is 0 Å². The normalized spacial score (nSPS) is 14.2. The number of carbonyl (C=O) groups is 3. The molecule has 7 heteroatoms. The van der Waals surface area contributed by atoms with Crippen molar-refractivity contribution in [2.24, 2.45) is 17.6 Å². The van der Waals surface area contributed by atoms with E-state index in [1.165, 1.54) is 0 Å². The number of nitrogens with two attached hydrogens (primary N) is 1. The van der Waals surface area contributed by atoms with Crippen molar-refractivity contribution in [2.45, 2.75) is 85.4 Å². The van der Waals surface area contributed by atoms with E-state index in [9.17, 15) is 14.4 Å². The number of Topliss-reactive ketones (excluding diaryl/α,β-unsaturated/α-hetero) is 1. The number of ketones is 1. The highest BCUT2D eigenvalue weighted by Crippen LogP contribution is 2.12. The molecule has 152 valence electrons. The summed E-state index contributed by atoms with van der Waals surface area (Å²) in [7, 11) is 0. The molecular weight excluding hydrogens is 332 g/mol. The van der Waals surface area contributed by atoms with Gasteiger partial charge in [0.1, 0.15) is 0 Å². The van der Waals surface area contributed by atoms with Crippen LogP contribution in [0.1, 0.15) is 67.7 Å². The molecule has 0 aliphatic rings. The summed E-state index contributed by atoms with van der Waals surface area (Å²) >= 11 is 0. The maximum Gasteiger partial charge on any atom is 0.312 e. The molecule has 0 spiro atoms. The van der Waals surface area contributed by atoms with Crippen LogP contribution >= 0.6 is 0 Å². The fourth-order valence-electron chi connectivity index (χ4n) is 2.70. The number of urea groups is 1. The molecule has 0 heterocycles. The van der Waals surface area contributed by atoms with Gasteiger partial charge in [-0.1, -0.05) is 27.7 Å². The van der Waals surface area contributed by atoms with Crippen LogP contribution in [0.5, 0.6) is 0 Å². The van der Waals surface area contributed by atoms with Crippen LogP contribution in [0.2, 0.25) is 0 Å². The van der Waals surface area contributed by atoms with Gasteiger partial charge in [0.25, 0.3) is 0 Å². The second-order valence-corrected chi connectivity index (χ2v) is 8.63. The first-order chi connectivity index (χ1) is 11.8. The van der Waals surface area contributed by atoms with Crippen molar-refractivity contribution in [1.29, 1.82) is 0 Å². The maximum atomic E-state index is 12.8. The lowest BCUT2D eigenvalue weighted by Crippen LogP contribution is -2.55. The molecule has 0 rings (SSSR count). The summed E-state index contributed by atoms with van der Waals surface area (Å²) in [6.07, 6.45) is 1.72. The van der Waals surface area contributed by atoms with Gasteiger partial charge >= 0.3 is 6.03 Å². The number of hydrogen-bond acceptors (Lipinski definition) is 4. The van der Waals surface area contributed by atoms with Crippen molar-refractivity contribution in [2.75, 3.05) is 6.54 Å². The zero-order valence-corrected chi connectivity index (χ0v) is 17.4. The molecule has 0 bridgehead atoms. The lowest BCUT2D eigenvalue weighted by atomic mass is 9.95. The number of rotatable bonds is 11. The van der Waals surface area contributed by atoms with Gasteiger partial charge in [-0.05, 0) is 46.0 Å². The molecule has 0 aromatic carbocycles. The minimum absolute atomic E-state index is 0.00326. The number of amides is 3. The van der Waals surface area contributed by atoms with Gasteiger partial charge in [0, 0.05) is 18.0 Å².